The van der Waals surface area contributed by atoms with Gasteiger partial charge in [0, 0.05) is 29.3 Å². The quantitative estimate of drug-likeness (QED) is 0.547. The molecule has 1 heterocycles. The molecule has 0 bridgehead atoms. The van der Waals surface area contributed by atoms with Gasteiger partial charge in [0.1, 0.15) is 0 Å². The summed E-state index contributed by atoms with van der Waals surface area (Å²) in [5, 5.41) is 7.63. The van der Waals surface area contributed by atoms with Crippen LogP contribution in [0.4, 0.5) is 11.4 Å². The van der Waals surface area contributed by atoms with Gasteiger partial charge in [0.2, 0.25) is 0 Å². The molecule has 2 amide bonds. The average molecular weight is 367 g/mol. The number of nitrogens with zero attached hydrogens (tertiary/aromatic N) is 1. The third-order valence-corrected chi connectivity index (χ3v) is 4.36. The minimum atomic E-state index is -0.236. The first kappa shape index (κ1) is 17.4. The zero-order valence-corrected chi connectivity index (χ0v) is 14.9. The number of carbonyl (C=O) groups excluding carboxylic acids is 2. The maximum atomic E-state index is 12.7. The van der Waals surface area contributed by atoms with Gasteiger partial charge in [0.15, 0.2) is 0 Å². The van der Waals surface area contributed by atoms with E-state index in [2.05, 4.69) is 15.6 Å². The van der Waals surface area contributed by atoms with Crippen LogP contribution in [0.1, 0.15) is 20.7 Å². The van der Waals surface area contributed by atoms with E-state index in [0.29, 0.717) is 22.5 Å². The third-order valence-electron chi connectivity index (χ3n) is 4.36. The van der Waals surface area contributed by atoms with Crippen LogP contribution >= 0.6 is 0 Å². The van der Waals surface area contributed by atoms with Crippen LogP contribution in [0.3, 0.4) is 0 Å². The maximum Gasteiger partial charge on any atom is 0.257 e. The van der Waals surface area contributed by atoms with Crippen LogP contribution in [0.2, 0.25) is 0 Å². The Bertz CT molecular complexity index is 1130. The number of hydrogen-bond acceptors (Lipinski definition) is 3. The van der Waals surface area contributed by atoms with Crippen molar-refractivity contribution in [2.45, 2.75) is 0 Å². The Labute approximate surface area is 162 Å². The highest BCUT2D eigenvalue weighted by atomic mass is 16.2. The second-order valence-corrected chi connectivity index (χ2v) is 6.25. The van der Waals surface area contributed by atoms with E-state index in [-0.39, 0.29) is 11.8 Å². The van der Waals surface area contributed by atoms with Crippen molar-refractivity contribution >= 4 is 34.0 Å². The highest BCUT2D eigenvalue weighted by Crippen LogP contribution is 2.21. The van der Waals surface area contributed by atoms with Crippen molar-refractivity contribution in [1.29, 1.82) is 0 Å². The largest absolute Gasteiger partial charge is 0.322 e. The molecule has 0 fully saturated rings. The van der Waals surface area contributed by atoms with Crippen molar-refractivity contribution in [2.24, 2.45) is 0 Å². The summed E-state index contributed by atoms with van der Waals surface area (Å²) in [6.45, 7) is 0. The summed E-state index contributed by atoms with van der Waals surface area (Å²) in [6.07, 6.45) is 3.12. The molecule has 3 aromatic carbocycles. The zero-order valence-electron chi connectivity index (χ0n) is 14.9. The summed E-state index contributed by atoms with van der Waals surface area (Å²) in [5.41, 5.74) is 2.39. The summed E-state index contributed by atoms with van der Waals surface area (Å²) < 4.78 is 0. The molecule has 0 saturated carbocycles. The molecule has 1 aromatic heterocycles. The lowest BCUT2D eigenvalue weighted by Gasteiger charge is -2.09. The van der Waals surface area contributed by atoms with Crippen LogP contribution in [0.5, 0.6) is 0 Å². The molecule has 0 spiro atoms. The van der Waals surface area contributed by atoms with E-state index in [1.807, 2.05) is 36.4 Å². The number of anilines is 2. The van der Waals surface area contributed by atoms with E-state index >= 15 is 0 Å². The summed E-state index contributed by atoms with van der Waals surface area (Å²) in [7, 11) is 0. The number of hydrogen-bond donors (Lipinski definition) is 2. The van der Waals surface area contributed by atoms with Crippen molar-refractivity contribution in [1.82, 2.24) is 4.98 Å². The molecule has 0 aliphatic rings. The Morgan fingerprint density at radius 3 is 2.07 bits per heavy atom. The monoisotopic (exact) mass is 367 g/mol. The van der Waals surface area contributed by atoms with Gasteiger partial charge >= 0.3 is 0 Å². The van der Waals surface area contributed by atoms with E-state index in [1.165, 1.54) is 6.20 Å². The number of aromatic nitrogens is 1. The predicted molar refractivity (Wildman–Crippen MR) is 111 cm³/mol. The minimum absolute atomic E-state index is 0.177. The summed E-state index contributed by atoms with van der Waals surface area (Å²) in [5.74, 6) is -0.412. The number of rotatable bonds is 4. The lowest BCUT2D eigenvalue weighted by molar-refractivity contribution is 0.101. The Balaban J connectivity index is 1.47. The number of benzene rings is 3. The van der Waals surface area contributed by atoms with Crippen molar-refractivity contribution in [3.8, 4) is 0 Å². The van der Waals surface area contributed by atoms with Gasteiger partial charge < -0.3 is 10.6 Å². The van der Waals surface area contributed by atoms with E-state index in [4.69, 9.17) is 0 Å². The molecule has 0 unspecified atom stereocenters. The van der Waals surface area contributed by atoms with Gasteiger partial charge in [-0.05, 0) is 53.2 Å². The molecule has 0 atom stereocenters. The first-order valence-corrected chi connectivity index (χ1v) is 8.81. The summed E-state index contributed by atoms with van der Waals surface area (Å²) in [6, 6.07) is 23.8. The molecule has 0 saturated heterocycles. The van der Waals surface area contributed by atoms with Gasteiger partial charge in [-0.1, -0.05) is 36.4 Å². The second-order valence-electron chi connectivity index (χ2n) is 6.25. The van der Waals surface area contributed by atoms with Gasteiger partial charge in [-0.25, -0.2) is 0 Å². The van der Waals surface area contributed by atoms with Gasteiger partial charge in [-0.2, -0.15) is 0 Å². The van der Waals surface area contributed by atoms with Crippen LogP contribution in [-0.4, -0.2) is 16.8 Å². The number of amides is 2. The van der Waals surface area contributed by atoms with E-state index in [1.54, 1.807) is 48.7 Å². The molecule has 28 heavy (non-hydrogen) atoms. The van der Waals surface area contributed by atoms with Gasteiger partial charge in [0.05, 0.1) is 5.56 Å². The van der Waals surface area contributed by atoms with Crippen LogP contribution < -0.4 is 10.6 Å². The lowest BCUT2D eigenvalue weighted by atomic mass is 10.0. The minimum Gasteiger partial charge on any atom is -0.322 e. The second kappa shape index (κ2) is 7.72. The average Bonchev–Trinajstić information content (AvgIpc) is 2.75. The fourth-order valence-corrected chi connectivity index (χ4v) is 2.96. The molecule has 5 nitrogen and oxygen atoms in total. The molecule has 2 N–H and O–H groups in total. The third kappa shape index (κ3) is 3.73. The zero-order chi connectivity index (χ0) is 19.3. The molecule has 136 valence electrons. The van der Waals surface area contributed by atoms with E-state index in [9.17, 15) is 9.59 Å². The van der Waals surface area contributed by atoms with Crippen LogP contribution in [-0.2, 0) is 0 Å². The SMILES string of the molecule is O=C(Nc1ccc(NC(=O)c2cccc3ccccc23)cc1)c1cccnc1. The standard InChI is InChI=1S/C23H17N3O2/c27-22(17-7-4-14-24-15-17)25-18-10-12-19(13-11-18)26-23(28)21-9-3-6-16-5-1-2-8-20(16)21/h1-15H,(H,25,27)(H,26,28). The summed E-state index contributed by atoms with van der Waals surface area (Å²) in [4.78, 5) is 28.8. The smallest absolute Gasteiger partial charge is 0.257 e. The van der Waals surface area contributed by atoms with Crippen LogP contribution in [0, 0.1) is 0 Å². The molecule has 0 aliphatic heterocycles. The number of carbonyl (C=O) groups is 2. The molecule has 4 rings (SSSR count). The molecule has 4 aromatic rings. The van der Waals surface area contributed by atoms with Gasteiger partial charge in [-0.3, -0.25) is 14.6 Å². The first-order valence-electron chi connectivity index (χ1n) is 8.81. The van der Waals surface area contributed by atoms with Crippen molar-refractivity contribution < 1.29 is 9.59 Å². The number of nitrogens with one attached hydrogen (secondary N) is 2. The van der Waals surface area contributed by atoms with Crippen molar-refractivity contribution in [2.75, 3.05) is 10.6 Å². The first-order chi connectivity index (χ1) is 13.7. The van der Waals surface area contributed by atoms with E-state index in [0.717, 1.165) is 10.8 Å². The maximum absolute atomic E-state index is 12.7. The number of pyridine rings is 1. The highest BCUT2D eigenvalue weighted by Gasteiger charge is 2.10. The van der Waals surface area contributed by atoms with E-state index < -0.39 is 0 Å². The lowest BCUT2D eigenvalue weighted by Crippen LogP contribution is -2.13. The fourth-order valence-electron chi connectivity index (χ4n) is 2.96. The van der Waals surface area contributed by atoms with Crippen molar-refractivity contribution in [3.63, 3.8) is 0 Å². The van der Waals surface area contributed by atoms with Crippen molar-refractivity contribution in [3.05, 3.63) is 102 Å². The van der Waals surface area contributed by atoms with Gasteiger partial charge in [-0.15, -0.1) is 0 Å². The Kier molecular flexibility index (Phi) is 4.80. The topological polar surface area (TPSA) is 71.1 Å². The Morgan fingerprint density at radius 1 is 0.679 bits per heavy atom. The molecule has 0 aliphatic carbocycles. The van der Waals surface area contributed by atoms with Crippen LogP contribution in [0.15, 0.2) is 91.3 Å². The molecular formula is C23H17N3O2. The molecular weight excluding hydrogens is 350 g/mol. The number of fused-ring (bicyclic) bond motifs is 1. The predicted octanol–water partition coefficient (Wildman–Crippen LogP) is 4.74. The molecule has 0 radical (unpaired) electrons. The van der Waals surface area contributed by atoms with Gasteiger partial charge in [0.25, 0.3) is 11.8 Å². The fraction of sp³-hybridized carbons (Fsp3) is 0. The molecule has 5 heteroatoms. The Morgan fingerprint density at radius 2 is 1.36 bits per heavy atom. The Hall–Kier alpha value is -3.99. The van der Waals surface area contributed by atoms with Crippen LogP contribution in [0.25, 0.3) is 10.8 Å². The highest BCUT2D eigenvalue weighted by molar-refractivity contribution is 6.13. The summed E-state index contributed by atoms with van der Waals surface area (Å²) >= 11 is 0. The normalized spacial score (nSPS) is 10.4.